The molecular weight excluding hydrogens is 271 g/mol. The Bertz CT molecular complexity index is 634. The van der Waals surface area contributed by atoms with Crippen molar-refractivity contribution in [2.75, 3.05) is 17.2 Å². The molecule has 0 fully saturated rings. The Kier molecular flexibility index (Phi) is 2.81. The Hall–Kier alpha value is -2.25. The van der Waals surface area contributed by atoms with Crippen LogP contribution in [0.4, 0.5) is 24.5 Å². The van der Waals surface area contributed by atoms with E-state index in [4.69, 9.17) is 5.73 Å². The van der Waals surface area contributed by atoms with E-state index < -0.39 is 11.7 Å². The molecular formula is C12H12F3N5. The number of alkyl halides is 3. The monoisotopic (exact) mass is 283 g/mol. The number of anilines is 2. The third-order valence-electron chi connectivity index (χ3n) is 3.33. The second-order valence-corrected chi connectivity index (χ2v) is 4.63. The molecule has 0 amide bonds. The van der Waals surface area contributed by atoms with Gasteiger partial charge in [0.1, 0.15) is 6.33 Å². The van der Waals surface area contributed by atoms with E-state index in [0.29, 0.717) is 25.3 Å². The number of nitrogen functional groups attached to an aromatic ring is 1. The van der Waals surface area contributed by atoms with Crippen molar-refractivity contribution in [1.29, 1.82) is 0 Å². The molecule has 1 aliphatic heterocycles. The quantitative estimate of drug-likeness (QED) is 0.812. The van der Waals surface area contributed by atoms with Crippen molar-refractivity contribution in [2.24, 2.45) is 0 Å². The molecule has 0 saturated carbocycles. The number of hydrogen-bond acceptors (Lipinski definition) is 4. The zero-order chi connectivity index (χ0) is 14.3. The van der Waals surface area contributed by atoms with Crippen molar-refractivity contribution < 1.29 is 13.2 Å². The standard InChI is InChI=1S/C12H12F3N5/c13-12(14,15)8-1-2-10(9(16)5-8)19-3-4-20-7-17-18-11(20)6-19/h1-2,5,7H,3-4,6,16H2. The number of nitrogens with two attached hydrogens (primary N) is 1. The Labute approximate surface area is 112 Å². The van der Waals surface area contributed by atoms with Gasteiger partial charge in [0.15, 0.2) is 5.82 Å². The van der Waals surface area contributed by atoms with E-state index in [0.717, 1.165) is 18.0 Å². The van der Waals surface area contributed by atoms with Gasteiger partial charge in [-0.3, -0.25) is 0 Å². The van der Waals surface area contributed by atoms with E-state index in [-0.39, 0.29) is 5.69 Å². The minimum Gasteiger partial charge on any atom is -0.397 e. The lowest BCUT2D eigenvalue weighted by atomic mass is 10.1. The van der Waals surface area contributed by atoms with Crippen molar-refractivity contribution >= 4 is 11.4 Å². The Morgan fingerprint density at radius 1 is 1.20 bits per heavy atom. The van der Waals surface area contributed by atoms with Crippen LogP contribution in [-0.4, -0.2) is 21.3 Å². The summed E-state index contributed by atoms with van der Waals surface area (Å²) >= 11 is 0. The number of rotatable bonds is 1. The molecule has 0 unspecified atom stereocenters. The van der Waals surface area contributed by atoms with Gasteiger partial charge in [0.2, 0.25) is 0 Å². The molecule has 8 heteroatoms. The van der Waals surface area contributed by atoms with Crippen molar-refractivity contribution in [1.82, 2.24) is 14.8 Å². The van der Waals surface area contributed by atoms with Crippen LogP contribution in [-0.2, 0) is 19.3 Å². The first-order chi connectivity index (χ1) is 9.45. The van der Waals surface area contributed by atoms with E-state index in [9.17, 15) is 13.2 Å². The molecule has 2 aromatic rings. The smallest absolute Gasteiger partial charge is 0.397 e. The minimum atomic E-state index is -4.38. The summed E-state index contributed by atoms with van der Waals surface area (Å²) in [6.07, 6.45) is -2.74. The normalized spacial score (nSPS) is 15.2. The van der Waals surface area contributed by atoms with Gasteiger partial charge in [0, 0.05) is 13.1 Å². The number of halogens is 3. The third-order valence-corrected chi connectivity index (χ3v) is 3.33. The van der Waals surface area contributed by atoms with Gasteiger partial charge in [-0.15, -0.1) is 10.2 Å². The summed E-state index contributed by atoms with van der Waals surface area (Å²) in [4.78, 5) is 1.90. The molecule has 1 aliphatic rings. The molecule has 0 radical (unpaired) electrons. The zero-order valence-electron chi connectivity index (χ0n) is 10.4. The summed E-state index contributed by atoms with van der Waals surface area (Å²) in [6.45, 7) is 1.82. The van der Waals surface area contributed by atoms with Crippen molar-refractivity contribution in [3.05, 3.63) is 35.9 Å². The maximum Gasteiger partial charge on any atom is 0.416 e. The molecule has 1 aromatic heterocycles. The highest BCUT2D eigenvalue weighted by molar-refractivity contribution is 5.68. The molecule has 0 bridgehead atoms. The first-order valence-corrected chi connectivity index (χ1v) is 6.03. The molecule has 3 rings (SSSR count). The second kappa shape index (κ2) is 4.39. The summed E-state index contributed by atoms with van der Waals surface area (Å²) < 4.78 is 39.7. The largest absolute Gasteiger partial charge is 0.416 e. The Morgan fingerprint density at radius 3 is 2.70 bits per heavy atom. The molecule has 106 valence electrons. The number of fused-ring (bicyclic) bond motifs is 1. The van der Waals surface area contributed by atoms with E-state index in [1.54, 1.807) is 6.33 Å². The predicted octanol–water partition coefficient (Wildman–Crippen LogP) is 1.90. The molecule has 2 N–H and O–H groups in total. The maximum atomic E-state index is 12.6. The highest BCUT2D eigenvalue weighted by Crippen LogP contribution is 2.34. The molecule has 1 aromatic carbocycles. The molecule has 20 heavy (non-hydrogen) atoms. The Morgan fingerprint density at radius 2 is 2.00 bits per heavy atom. The third kappa shape index (κ3) is 2.17. The van der Waals surface area contributed by atoms with E-state index in [2.05, 4.69) is 10.2 Å². The van der Waals surface area contributed by atoms with Crippen LogP contribution in [0.1, 0.15) is 11.4 Å². The van der Waals surface area contributed by atoms with Gasteiger partial charge in [-0.05, 0) is 18.2 Å². The van der Waals surface area contributed by atoms with E-state index >= 15 is 0 Å². The van der Waals surface area contributed by atoms with Crippen LogP contribution in [0.15, 0.2) is 24.5 Å². The van der Waals surface area contributed by atoms with E-state index in [1.807, 2.05) is 9.47 Å². The first-order valence-electron chi connectivity index (χ1n) is 6.03. The fourth-order valence-corrected chi connectivity index (χ4v) is 2.29. The summed E-state index contributed by atoms with van der Waals surface area (Å²) in [5.74, 6) is 0.774. The van der Waals surface area contributed by atoms with Crippen LogP contribution in [0.3, 0.4) is 0 Å². The topological polar surface area (TPSA) is 60.0 Å². The number of aromatic nitrogens is 3. The van der Waals surface area contributed by atoms with Gasteiger partial charge in [-0.1, -0.05) is 0 Å². The maximum absolute atomic E-state index is 12.6. The van der Waals surface area contributed by atoms with Crippen LogP contribution in [0, 0.1) is 0 Å². The lowest BCUT2D eigenvalue weighted by Crippen LogP contribution is -2.34. The molecule has 0 aliphatic carbocycles. The fourth-order valence-electron chi connectivity index (χ4n) is 2.29. The van der Waals surface area contributed by atoms with Crippen LogP contribution < -0.4 is 10.6 Å². The summed E-state index contributed by atoms with van der Waals surface area (Å²) in [5, 5.41) is 7.78. The average Bonchev–Trinajstić information content (AvgIpc) is 2.84. The van der Waals surface area contributed by atoms with Gasteiger partial charge in [0.25, 0.3) is 0 Å². The highest BCUT2D eigenvalue weighted by atomic mass is 19.4. The molecule has 0 spiro atoms. The second-order valence-electron chi connectivity index (χ2n) is 4.63. The summed E-state index contributed by atoms with van der Waals surface area (Å²) in [5.41, 5.74) is 5.73. The van der Waals surface area contributed by atoms with Crippen molar-refractivity contribution in [3.63, 3.8) is 0 Å². The average molecular weight is 283 g/mol. The predicted molar refractivity (Wildman–Crippen MR) is 66.9 cm³/mol. The first kappa shape index (κ1) is 12.8. The number of benzene rings is 1. The molecule has 5 nitrogen and oxygen atoms in total. The number of nitrogens with zero attached hydrogens (tertiary/aromatic N) is 4. The molecule has 0 saturated heterocycles. The fraction of sp³-hybridized carbons (Fsp3) is 0.333. The summed E-state index contributed by atoms with van der Waals surface area (Å²) in [6, 6.07) is 3.42. The van der Waals surface area contributed by atoms with Crippen LogP contribution >= 0.6 is 0 Å². The van der Waals surface area contributed by atoms with Crippen molar-refractivity contribution in [3.8, 4) is 0 Å². The minimum absolute atomic E-state index is 0.118. The van der Waals surface area contributed by atoms with Crippen LogP contribution in [0.5, 0.6) is 0 Å². The van der Waals surface area contributed by atoms with Crippen LogP contribution in [0.25, 0.3) is 0 Å². The molecule has 0 atom stereocenters. The van der Waals surface area contributed by atoms with Gasteiger partial charge < -0.3 is 15.2 Å². The summed E-state index contributed by atoms with van der Waals surface area (Å²) in [7, 11) is 0. The SMILES string of the molecule is Nc1cc(C(F)(F)F)ccc1N1CCn2cnnc2C1. The molecule has 2 heterocycles. The van der Waals surface area contributed by atoms with Crippen molar-refractivity contribution in [2.45, 2.75) is 19.3 Å². The zero-order valence-corrected chi connectivity index (χ0v) is 10.4. The Balaban J connectivity index is 1.89. The van der Waals surface area contributed by atoms with Gasteiger partial charge in [-0.25, -0.2) is 0 Å². The lowest BCUT2D eigenvalue weighted by Gasteiger charge is -2.30. The number of hydrogen-bond donors (Lipinski definition) is 1. The van der Waals surface area contributed by atoms with Crippen LogP contribution in [0.2, 0.25) is 0 Å². The van der Waals surface area contributed by atoms with Gasteiger partial charge >= 0.3 is 6.18 Å². The van der Waals surface area contributed by atoms with E-state index in [1.165, 1.54) is 6.07 Å². The lowest BCUT2D eigenvalue weighted by molar-refractivity contribution is -0.137. The van der Waals surface area contributed by atoms with Gasteiger partial charge in [0.05, 0.1) is 23.5 Å². The highest BCUT2D eigenvalue weighted by Gasteiger charge is 2.31. The van der Waals surface area contributed by atoms with Gasteiger partial charge in [-0.2, -0.15) is 13.2 Å².